The number of carbonyl (C=O) groups is 1. The van der Waals surface area contributed by atoms with Crippen LogP contribution >= 0.6 is 11.8 Å². The Balaban J connectivity index is 1.78. The molecule has 1 atom stereocenters. The second-order valence-corrected chi connectivity index (χ2v) is 5.42. The van der Waals surface area contributed by atoms with Crippen molar-refractivity contribution in [2.75, 3.05) is 19.6 Å². The fraction of sp³-hybridized carbons (Fsp3) is 0.667. The van der Waals surface area contributed by atoms with Crippen molar-refractivity contribution in [3.8, 4) is 0 Å². The first-order chi connectivity index (χ1) is 8.58. The molecule has 0 spiro atoms. The van der Waals surface area contributed by atoms with Gasteiger partial charge in [-0.05, 0) is 20.8 Å². The van der Waals surface area contributed by atoms with Gasteiger partial charge in [0.25, 0.3) is 0 Å². The highest BCUT2D eigenvalue weighted by Crippen LogP contribution is 2.28. The molecular weight excluding hydrogens is 250 g/mol. The molecule has 18 heavy (non-hydrogen) atoms. The third-order valence-electron chi connectivity index (χ3n) is 2.74. The van der Waals surface area contributed by atoms with Gasteiger partial charge in [0.1, 0.15) is 6.10 Å². The minimum absolute atomic E-state index is 0.0596. The molecule has 0 radical (unpaired) electrons. The van der Waals surface area contributed by atoms with E-state index < -0.39 is 6.10 Å². The van der Waals surface area contributed by atoms with Crippen LogP contribution in [0.5, 0.6) is 0 Å². The summed E-state index contributed by atoms with van der Waals surface area (Å²) in [4.78, 5) is 18.3. The molecule has 0 aromatic carbocycles. The Bertz CT molecular complexity index is 393. The van der Waals surface area contributed by atoms with Crippen LogP contribution in [0.1, 0.15) is 20.8 Å². The molecule has 2 aliphatic rings. The summed E-state index contributed by atoms with van der Waals surface area (Å²) in [5, 5.41) is 5.99. The average Bonchev–Trinajstić information content (AvgIpc) is 2.87. The van der Waals surface area contributed by atoms with Crippen molar-refractivity contribution in [1.82, 2.24) is 10.2 Å². The summed E-state index contributed by atoms with van der Waals surface area (Å²) in [6.07, 6.45) is -0.351. The summed E-state index contributed by atoms with van der Waals surface area (Å²) in [5.74, 6) is -0.0702. The van der Waals surface area contributed by atoms with Crippen LogP contribution in [0.2, 0.25) is 0 Å². The number of nitrogens with one attached hydrogen (secondary N) is 1. The van der Waals surface area contributed by atoms with Gasteiger partial charge in [-0.1, -0.05) is 11.8 Å². The molecule has 0 aromatic rings. The van der Waals surface area contributed by atoms with E-state index in [1.165, 1.54) is 0 Å². The first-order valence-electron chi connectivity index (χ1n) is 6.19. The van der Waals surface area contributed by atoms with E-state index >= 15 is 0 Å². The Labute approximate surface area is 112 Å². The topological polar surface area (TPSA) is 53.9 Å². The maximum absolute atomic E-state index is 11.8. The zero-order chi connectivity index (χ0) is 13.1. The quantitative estimate of drug-likeness (QED) is 0.814. The van der Waals surface area contributed by atoms with Crippen molar-refractivity contribution in [3.63, 3.8) is 0 Å². The van der Waals surface area contributed by atoms with Crippen LogP contribution in [0.4, 0.5) is 0 Å². The number of amidine groups is 1. The monoisotopic (exact) mass is 269 g/mol. The number of thioether (sulfide) groups is 1. The van der Waals surface area contributed by atoms with Gasteiger partial charge in [-0.2, -0.15) is 0 Å². The zero-order valence-corrected chi connectivity index (χ0v) is 11.8. The van der Waals surface area contributed by atoms with E-state index in [2.05, 4.69) is 15.2 Å². The maximum Gasteiger partial charge on any atom is 0.249 e. The minimum Gasteiger partial charge on any atom is -0.366 e. The molecule has 100 valence electrons. The molecule has 6 heteroatoms. The van der Waals surface area contributed by atoms with Gasteiger partial charge in [0.15, 0.2) is 5.17 Å². The number of hydrogen-bond acceptors (Lipinski definition) is 5. The number of amides is 1. The third-order valence-corrected chi connectivity index (χ3v) is 3.69. The van der Waals surface area contributed by atoms with Gasteiger partial charge >= 0.3 is 0 Å². The van der Waals surface area contributed by atoms with Gasteiger partial charge in [-0.3, -0.25) is 9.79 Å². The summed E-state index contributed by atoms with van der Waals surface area (Å²) >= 11 is 1.62. The molecule has 0 aromatic heterocycles. The number of aliphatic imine (C=N–C) groups is 1. The SMILES string of the molecule is CC(C)O[C@H](C)C(=O)NCC1=CSC2=NCCN12. The van der Waals surface area contributed by atoms with Gasteiger partial charge in [-0.15, -0.1) is 0 Å². The van der Waals surface area contributed by atoms with Crippen molar-refractivity contribution >= 4 is 22.8 Å². The van der Waals surface area contributed by atoms with Crippen molar-refractivity contribution in [2.24, 2.45) is 4.99 Å². The molecule has 2 aliphatic heterocycles. The van der Waals surface area contributed by atoms with E-state index in [9.17, 15) is 4.79 Å². The van der Waals surface area contributed by atoms with Crippen LogP contribution in [-0.4, -0.2) is 47.8 Å². The zero-order valence-electron chi connectivity index (χ0n) is 11.0. The lowest BCUT2D eigenvalue weighted by molar-refractivity contribution is -0.134. The number of ether oxygens (including phenoxy) is 1. The highest BCUT2D eigenvalue weighted by molar-refractivity contribution is 8.16. The van der Waals surface area contributed by atoms with E-state index in [0.717, 1.165) is 24.0 Å². The Morgan fingerprint density at radius 2 is 2.39 bits per heavy atom. The van der Waals surface area contributed by atoms with E-state index in [1.54, 1.807) is 18.7 Å². The molecule has 0 aliphatic carbocycles. The molecule has 5 nitrogen and oxygen atoms in total. The van der Waals surface area contributed by atoms with Gasteiger partial charge < -0.3 is 15.0 Å². The molecular formula is C12H19N3O2S. The maximum atomic E-state index is 11.8. The average molecular weight is 269 g/mol. The first kappa shape index (κ1) is 13.4. The lowest BCUT2D eigenvalue weighted by Gasteiger charge is -2.19. The fourth-order valence-electron chi connectivity index (χ4n) is 1.91. The van der Waals surface area contributed by atoms with E-state index in [-0.39, 0.29) is 12.0 Å². The second kappa shape index (κ2) is 5.75. The first-order valence-corrected chi connectivity index (χ1v) is 7.06. The van der Waals surface area contributed by atoms with Crippen LogP contribution < -0.4 is 5.32 Å². The summed E-state index contributed by atoms with van der Waals surface area (Å²) in [5.41, 5.74) is 1.11. The highest BCUT2D eigenvalue weighted by atomic mass is 32.2. The molecule has 0 fully saturated rings. The normalized spacial score (nSPS) is 19.7. The van der Waals surface area contributed by atoms with E-state index in [1.807, 2.05) is 19.3 Å². The Hall–Kier alpha value is -1.01. The summed E-state index contributed by atoms with van der Waals surface area (Å²) < 4.78 is 5.44. The summed E-state index contributed by atoms with van der Waals surface area (Å²) in [6.45, 7) is 7.93. The van der Waals surface area contributed by atoms with Gasteiger partial charge in [0.2, 0.25) is 5.91 Å². The fourth-order valence-corrected chi connectivity index (χ4v) is 2.86. The Morgan fingerprint density at radius 1 is 1.61 bits per heavy atom. The van der Waals surface area contributed by atoms with Crippen LogP contribution in [-0.2, 0) is 9.53 Å². The number of rotatable bonds is 5. The molecule has 0 saturated carbocycles. The predicted octanol–water partition coefficient (Wildman–Crippen LogP) is 1.18. The largest absolute Gasteiger partial charge is 0.366 e. The molecule has 0 unspecified atom stereocenters. The van der Waals surface area contributed by atoms with E-state index in [4.69, 9.17) is 4.74 Å². The van der Waals surface area contributed by atoms with Crippen molar-refractivity contribution in [2.45, 2.75) is 33.0 Å². The van der Waals surface area contributed by atoms with Crippen LogP contribution in [0.15, 0.2) is 16.1 Å². The Morgan fingerprint density at radius 3 is 3.11 bits per heavy atom. The lowest BCUT2D eigenvalue weighted by atomic mass is 10.3. The molecule has 1 N–H and O–H groups in total. The van der Waals surface area contributed by atoms with E-state index in [0.29, 0.717) is 6.54 Å². The lowest BCUT2D eigenvalue weighted by Crippen LogP contribution is -2.39. The number of nitrogens with zero attached hydrogens (tertiary/aromatic N) is 2. The molecule has 0 bridgehead atoms. The van der Waals surface area contributed by atoms with Crippen molar-refractivity contribution in [3.05, 3.63) is 11.1 Å². The van der Waals surface area contributed by atoms with Gasteiger partial charge in [0, 0.05) is 17.6 Å². The Kier molecular flexibility index (Phi) is 4.29. The van der Waals surface area contributed by atoms with Gasteiger partial charge in [0.05, 0.1) is 19.2 Å². The number of hydrogen-bond donors (Lipinski definition) is 1. The molecule has 2 rings (SSSR count). The van der Waals surface area contributed by atoms with Crippen molar-refractivity contribution in [1.29, 1.82) is 0 Å². The van der Waals surface area contributed by atoms with Crippen LogP contribution in [0.25, 0.3) is 0 Å². The number of carbonyl (C=O) groups excluding carboxylic acids is 1. The molecule has 0 saturated heterocycles. The highest BCUT2D eigenvalue weighted by Gasteiger charge is 2.26. The third kappa shape index (κ3) is 3.05. The molecule has 1 amide bonds. The van der Waals surface area contributed by atoms with Gasteiger partial charge in [-0.25, -0.2) is 0 Å². The van der Waals surface area contributed by atoms with Crippen molar-refractivity contribution < 1.29 is 9.53 Å². The summed E-state index contributed by atoms with van der Waals surface area (Å²) in [7, 11) is 0. The second-order valence-electron chi connectivity index (χ2n) is 4.59. The smallest absolute Gasteiger partial charge is 0.249 e. The number of fused-ring (bicyclic) bond motifs is 1. The van der Waals surface area contributed by atoms with Crippen LogP contribution in [0, 0.1) is 0 Å². The standard InChI is InChI=1S/C12H19N3O2S/c1-8(2)17-9(3)11(16)14-6-10-7-18-12-13-4-5-15(10)12/h7-9H,4-6H2,1-3H3,(H,14,16)/t9-/m1/s1. The predicted molar refractivity (Wildman–Crippen MR) is 73.4 cm³/mol. The minimum atomic E-state index is -0.411. The molecule has 2 heterocycles. The van der Waals surface area contributed by atoms with Crippen LogP contribution in [0.3, 0.4) is 0 Å². The summed E-state index contributed by atoms with van der Waals surface area (Å²) in [6, 6.07) is 0.